The average Bonchev–Trinajstić information content (AvgIpc) is 2.61. The van der Waals surface area contributed by atoms with Gasteiger partial charge in [-0.25, -0.2) is 8.42 Å². The van der Waals surface area contributed by atoms with Gasteiger partial charge in [0.2, 0.25) is 5.91 Å². The van der Waals surface area contributed by atoms with E-state index in [1.54, 1.807) is 0 Å². The second-order valence-electron chi connectivity index (χ2n) is 6.44. The molecule has 1 aliphatic heterocycles. The Morgan fingerprint density at radius 3 is 2.54 bits per heavy atom. The molecular formula is C19H23N3O3S. The van der Waals surface area contributed by atoms with Crippen molar-refractivity contribution in [2.45, 2.75) is 12.8 Å². The molecule has 0 spiro atoms. The van der Waals surface area contributed by atoms with Gasteiger partial charge in [-0.1, -0.05) is 24.3 Å². The number of hydrogen-bond donors (Lipinski definition) is 2. The number of hydrogen-bond acceptors (Lipinski definition) is 5. The highest BCUT2D eigenvalue weighted by Crippen LogP contribution is 2.22. The Morgan fingerprint density at radius 1 is 1.08 bits per heavy atom. The zero-order chi connectivity index (χ0) is 18.6. The van der Waals surface area contributed by atoms with Gasteiger partial charge in [-0.05, 0) is 36.2 Å². The maximum Gasteiger partial charge on any atom is 0.224 e. The lowest BCUT2D eigenvalue weighted by Crippen LogP contribution is -2.40. The standard InChI is InChI=1S/C19H23N3O3S/c20-18-7-2-1-4-15(18)8-9-19(23)21-16-5-3-6-17(14-16)22-10-12-26(24,25)13-11-22/h1-7,14H,8-13,20H2,(H,21,23). The highest BCUT2D eigenvalue weighted by Gasteiger charge is 2.21. The van der Waals surface area contributed by atoms with Crippen LogP contribution in [0, 0.1) is 0 Å². The van der Waals surface area contributed by atoms with Gasteiger partial charge in [-0.3, -0.25) is 4.79 Å². The number of benzene rings is 2. The van der Waals surface area contributed by atoms with E-state index in [2.05, 4.69) is 5.32 Å². The van der Waals surface area contributed by atoms with Crippen molar-refractivity contribution in [3.8, 4) is 0 Å². The molecule has 1 amide bonds. The molecule has 0 saturated carbocycles. The van der Waals surface area contributed by atoms with Crippen molar-refractivity contribution in [1.29, 1.82) is 0 Å². The van der Waals surface area contributed by atoms with E-state index >= 15 is 0 Å². The second kappa shape index (κ2) is 7.78. The zero-order valence-electron chi connectivity index (χ0n) is 14.5. The van der Waals surface area contributed by atoms with Crippen LogP contribution in [0.25, 0.3) is 0 Å². The molecule has 6 nitrogen and oxygen atoms in total. The summed E-state index contributed by atoms with van der Waals surface area (Å²) in [7, 11) is -2.91. The first-order valence-electron chi connectivity index (χ1n) is 8.62. The van der Waals surface area contributed by atoms with Crippen LogP contribution in [0.1, 0.15) is 12.0 Å². The maximum absolute atomic E-state index is 12.2. The number of nitrogen functional groups attached to an aromatic ring is 1. The molecule has 2 aromatic rings. The average molecular weight is 373 g/mol. The van der Waals surface area contributed by atoms with Gasteiger partial charge in [0.05, 0.1) is 11.5 Å². The van der Waals surface area contributed by atoms with Crippen molar-refractivity contribution in [1.82, 2.24) is 0 Å². The number of rotatable bonds is 5. The topological polar surface area (TPSA) is 92.5 Å². The van der Waals surface area contributed by atoms with Gasteiger partial charge in [0.15, 0.2) is 9.84 Å². The summed E-state index contributed by atoms with van der Waals surface area (Å²) >= 11 is 0. The van der Waals surface area contributed by atoms with Gasteiger partial charge in [0, 0.05) is 36.6 Å². The van der Waals surface area contributed by atoms with E-state index in [9.17, 15) is 13.2 Å². The Labute approximate surface area is 153 Å². The number of nitrogens with two attached hydrogens (primary N) is 1. The first-order valence-corrected chi connectivity index (χ1v) is 10.4. The Bertz CT molecular complexity index is 882. The van der Waals surface area contributed by atoms with Crippen LogP contribution >= 0.6 is 0 Å². The van der Waals surface area contributed by atoms with E-state index in [4.69, 9.17) is 5.73 Å². The summed E-state index contributed by atoms with van der Waals surface area (Å²) in [5.74, 6) is 0.260. The SMILES string of the molecule is Nc1ccccc1CCC(=O)Nc1cccc(N2CCS(=O)(=O)CC2)c1. The number of para-hydroxylation sites is 1. The van der Waals surface area contributed by atoms with Crippen LogP contribution in [0.15, 0.2) is 48.5 Å². The van der Waals surface area contributed by atoms with Crippen molar-refractivity contribution >= 4 is 32.8 Å². The summed E-state index contributed by atoms with van der Waals surface area (Å²) in [5, 5.41) is 2.90. The lowest BCUT2D eigenvalue weighted by molar-refractivity contribution is -0.116. The molecule has 1 fully saturated rings. The molecule has 0 aromatic heterocycles. The third-order valence-corrected chi connectivity index (χ3v) is 6.13. The fraction of sp³-hybridized carbons (Fsp3) is 0.316. The summed E-state index contributed by atoms with van der Waals surface area (Å²) in [6, 6.07) is 15.0. The molecule has 3 N–H and O–H groups in total. The summed E-state index contributed by atoms with van der Waals surface area (Å²) < 4.78 is 23.1. The van der Waals surface area contributed by atoms with Crippen molar-refractivity contribution in [2.75, 3.05) is 40.5 Å². The van der Waals surface area contributed by atoms with Crippen LogP contribution in [0.5, 0.6) is 0 Å². The largest absolute Gasteiger partial charge is 0.399 e. The maximum atomic E-state index is 12.2. The first-order chi connectivity index (χ1) is 12.4. The molecule has 3 rings (SSSR count). The molecule has 0 radical (unpaired) electrons. The number of nitrogens with one attached hydrogen (secondary N) is 1. The molecule has 26 heavy (non-hydrogen) atoms. The van der Waals surface area contributed by atoms with E-state index < -0.39 is 9.84 Å². The molecule has 1 saturated heterocycles. The summed E-state index contributed by atoms with van der Waals surface area (Å²) in [4.78, 5) is 14.3. The summed E-state index contributed by atoms with van der Waals surface area (Å²) in [5.41, 5.74) is 9.19. The van der Waals surface area contributed by atoms with Crippen molar-refractivity contribution in [3.05, 3.63) is 54.1 Å². The molecule has 7 heteroatoms. The van der Waals surface area contributed by atoms with Gasteiger partial charge in [-0.15, -0.1) is 0 Å². The third-order valence-electron chi connectivity index (χ3n) is 4.52. The molecule has 0 atom stereocenters. The monoisotopic (exact) mass is 373 g/mol. The normalized spacial score (nSPS) is 16.2. The molecule has 2 aromatic carbocycles. The highest BCUT2D eigenvalue weighted by atomic mass is 32.2. The Hall–Kier alpha value is -2.54. The minimum Gasteiger partial charge on any atom is -0.399 e. The fourth-order valence-electron chi connectivity index (χ4n) is 2.98. The van der Waals surface area contributed by atoms with E-state index in [1.807, 2.05) is 53.4 Å². The minimum absolute atomic E-state index is 0.0772. The molecule has 138 valence electrons. The molecule has 0 aliphatic carbocycles. The quantitative estimate of drug-likeness (QED) is 0.783. The van der Waals surface area contributed by atoms with Gasteiger partial charge >= 0.3 is 0 Å². The van der Waals surface area contributed by atoms with Crippen LogP contribution < -0.4 is 16.0 Å². The highest BCUT2D eigenvalue weighted by molar-refractivity contribution is 7.91. The lowest BCUT2D eigenvalue weighted by atomic mass is 10.1. The van der Waals surface area contributed by atoms with Gasteiger partial charge in [-0.2, -0.15) is 0 Å². The van der Waals surface area contributed by atoms with Crippen molar-refractivity contribution in [3.63, 3.8) is 0 Å². The van der Waals surface area contributed by atoms with Crippen LogP contribution in [0.2, 0.25) is 0 Å². The molecule has 0 bridgehead atoms. The van der Waals surface area contributed by atoms with Crippen LogP contribution in [0.4, 0.5) is 17.1 Å². The van der Waals surface area contributed by atoms with E-state index in [0.29, 0.717) is 37.3 Å². The van der Waals surface area contributed by atoms with E-state index in [1.165, 1.54) is 0 Å². The molecule has 1 aliphatic rings. The Kier molecular flexibility index (Phi) is 5.46. The number of nitrogens with zero attached hydrogens (tertiary/aromatic N) is 1. The van der Waals surface area contributed by atoms with E-state index in [-0.39, 0.29) is 17.4 Å². The molecular weight excluding hydrogens is 350 g/mol. The zero-order valence-corrected chi connectivity index (χ0v) is 15.3. The van der Waals surface area contributed by atoms with Crippen LogP contribution in [-0.2, 0) is 21.1 Å². The summed E-state index contributed by atoms with van der Waals surface area (Å²) in [6.45, 7) is 0.958. The first kappa shape index (κ1) is 18.3. The van der Waals surface area contributed by atoms with Crippen LogP contribution in [0.3, 0.4) is 0 Å². The lowest BCUT2D eigenvalue weighted by Gasteiger charge is -2.29. The number of carbonyl (C=O) groups is 1. The third kappa shape index (κ3) is 4.76. The number of aryl methyl sites for hydroxylation is 1. The molecule has 0 unspecified atom stereocenters. The summed E-state index contributed by atoms with van der Waals surface area (Å²) in [6.07, 6.45) is 0.933. The number of carbonyl (C=O) groups excluding carboxylic acids is 1. The molecule has 1 heterocycles. The smallest absolute Gasteiger partial charge is 0.224 e. The number of sulfone groups is 1. The predicted octanol–water partition coefficient (Wildman–Crippen LogP) is 2.07. The Morgan fingerprint density at radius 2 is 1.81 bits per heavy atom. The number of anilines is 3. The van der Waals surface area contributed by atoms with Gasteiger partial charge in [0.1, 0.15) is 0 Å². The van der Waals surface area contributed by atoms with Crippen molar-refractivity contribution < 1.29 is 13.2 Å². The second-order valence-corrected chi connectivity index (χ2v) is 8.74. The number of amides is 1. The van der Waals surface area contributed by atoms with Crippen LogP contribution in [-0.4, -0.2) is 38.9 Å². The minimum atomic E-state index is -2.91. The van der Waals surface area contributed by atoms with Gasteiger partial charge in [0.25, 0.3) is 0 Å². The Balaban J connectivity index is 1.58. The van der Waals surface area contributed by atoms with E-state index in [0.717, 1.165) is 11.3 Å². The fourth-order valence-corrected chi connectivity index (χ4v) is 4.19. The van der Waals surface area contributed by atoms with Gasteiger partial charge < -0.3 is 16.0 Å². The van der Waals surface area contributed by atoms with Crippen molar-refractivity contribution in [2.24, 2.45) is 0 Å². The predicted molar refractivity (Wildman–Crippen MR) is 105 cm³/mol.